The van der Waals surface area contributed by atoms with Gasteiger partial charge in [0.25, 0.3) is 0 Å². The standard InChI is InChI=1S/C22H28F2N4O2/c1-27(2)20(29)15-26-22(25-14-13-17-7-5-4-6-8-17)28(3)16-18-9-11-19(12-10-18)30-21(23)24/h4-12,21H,13-16H2,1-3H3,(H,25,26). The highest BCUT2D eigenvalue weighted by molar-refractivity contribution is 5.84. The van der Waals surface area contributed by atoms with E-state index in [2.05, 4.69) is 27.2 Å². The van der Waals surface area contributed by atoms with Gasteiger partial charge in [0.1, 0.15) is 12.3 Å². The number of alkyl halides is 2. The first-order valence-electron chi connectivity index (χ1n) is 9.62. The monoisotopic (exact) mass is 418 g/mol. The van der Waals surface area contributed by atoms with Gasteiger partial charge in [-0.05, 0) is 29.7 Å². The number of nitrogens with zero attached hydrogens (tertiary/aromatic N) is 3. The molecule has 162 valence electrons. The van der Waals surface area contributed by atoms with E-state index in [0.717, 1.165) is 12.0 Å². The molecule has 0 bridgehead atoms. The maximum absolute atomic E-state index is 12.3. The summed E-state index contributed by atoms with van der Waals surface area (Å²) in [6, 6.07) is 16.5. The van der Waals surface area contributed by atoms with Crippen LogP contribution < -0.4 is 10.1 Å². The SMILES string of the molecule is CN(C)C(=O)CN=C(NCCc1ccccc1)N(C)Cc1ccc(OC(F)F)cc1. The number of aliphatic imine (C=N–C) groups is 1. The first kappa shape index (κ1) is 23.1. The largest absolute Gasteiger partial charge is 0.435 e. The summed E-state index contributed by atoms with van der Waals surface area (Å²) in [4.78, 5) is 19.8. The molecule has 2 aromatic rings. The van der Waals surface area contributed by atoms with Gasteiger partial charge in [0.15, 0.2) is 5.96 Å². The lowest BCUT2D eigenvalue weighted by molar-refractivity contribution is -0.127. The van der Waals surface area contributed by atoms with Gasteiger partial charge in [-0.1, -0.05) is 42.5 Å². The Balaban J connectivity index is 2.01. The van der Waals surface area contributed by atoms with Gasteiger partial charge in [0.05, 0.1) is 0 Å². The molecule has 0 aliphatic rings. The number of carbonyl (C=O) groups excluding carboxylic acids is 1. The van der Waals surface area contributed by atoms with Crippen LogP contribution in [0.5, 0.6) is 5.75 Å². The normalized spacial score (nSPS) is 11.3. The van der Waals surface area contributed by atoms with Gasteiger partial charge in [0, 0.05) is 34.2 Å². The van der Waals surface area contributed by atoms with Crippen LogP contribution in [0, 0.1) is 0 Å². The molecule has 0 spiro atoms. The van der Waals surface area contributed by atoms with Crippen LogP contribution in [0.15, 0.2) is 59.6 Å². The van der Waals surface area contributed by atoms with Crippen LogP contribution in [-0.2, 0) is 17.8 Å². The third kappa shape index (κ3) is 8.06. The number of ether oxygens (including phenoxy) is 1. The fourth-order valence-corrected chi connectivity index (χ4v) is 2.68. The number of guanidine groups is 1. The van der Waals surface area contributed by atoms with Crippen LogP contribution in [0.4, 0.5) is 8.78 Å². The third-order valence-electron chi connectivity index (χ3n) is 4.33. The summed E-state index contributed by atoms with van der Waals surface area (Å²) in [5, 5.41) is 3.30. The minimum absolute atomic E-state index is 0.0339. The number of hydrogen-bond acceptors (Lipinski definition) is 3. The average molecular weight is 418 g/mol. The minimum Gasteiger partial charge on any atom is -0.435 e. The van der Waals surface area contributed by atoms with Gasteiger partial charge < -0.3 is 19.9 Å². The molecule has 30 heavy (non-hydrogen) atoms. The highest BCUT2D eigenvalue weighted by Gasteiger charge is 2.10. The van der Waals surface area contributed by atoms with Crippen LogP contribution >= 0.6 is 0 Å². The Kier molecular flexibility index (Phi) is 9.05. The van der Waals surface area contributed by atoms with E-state index in [1.54, 1.807) is 26.2 Å². The number of rotatable bonds is 9. The van der Waals surface area contributed by atoms with E-state index < -0.39 is 6.61 Å². The van der Waals surface area contributed by atoms with E-state index in [1.165, 1.54) is 22.6 Å². The molecule has 0 atom stereocenters. The van der Waals surface area contributed by atoms with Gasteiger partial charge in [-0.25, -0.2) is 4.99 Å². The van der Waals surface area contributed by atoms with Crippen LogP contribution in [0.3, 0.4) is 0 Å². The van der Waals surface area contributed by atoms with Crippen LogP contribution in [0.2, 0.25) is 0 Å². The summed E-state index contributed by atoms with van der Waals surface area (Å²) >= 11 is 0. The number of carbonyl (C=O) groups is 1. The average Bonchev–Trinajstić information content (AvgIpc) is 2.72. The zero-order valence-corrected chi connectivity index (χ0v) is 17.5. The predicted molar refractivity (Wildman–Crippen MR) is 114 cm³/mol. The topological polar surface area (TPSA) is 57.2 Å². The smallest absolute Gasteiger partial charge is 0.387 e. The van der Waals surface area contributed by atoms with Crippen molar-refractivity contribution < 1.29 is 18.3 Å². The molecule has 1 N–H and O–H groups in total. The fourth-order valence-electron chi connectivity index (χ4n) is 2.68. The van der Waals surface area contributed by atoms with Gasteiger partial charge in [-0.3, -0.25) is 4.79 Å². The maximum atomic E-state index is 12.3. The zero-order valence-electron chi connectivity index (χ0n) is 17.5. The van der Waals surface area contributed by atoms with Gasteiger partial charge >= 0.3 is 6.61 Å². The lowest BCUT2D eigenvalue weighted by Gasteiger charge is -2.23. The van der Waals surface area contributed by atoms with Crippen molar-refractivity contribution >= 4 is 11.9 Å². The number of hydrogen-bond donors (Lipinski definition) is 1. The Morgan fingerprint density at radius 1 is 1.03 bits per heavy atom. The van der Waals surface area contributed by atoms with Crippen molar-refractivity contribution in [2.45, 2.75) is 19.6 Å². The lowest BCUT2D eigenvalue weighted by Crippen LogP contribution is -2.40. The molecule has 0 aliphatic heterocycles. The van der Waals surface area contributed by atoms with Crippen LogP contribution in [0.1, 0.15) is 11.1 Å². The molecule has 0 radical (unpaired) electrons. The number of halogens is 2. The van der Waals surface area contributed by atoms with Crippen molar-refractivity contribution in [2.75, 3.05) is 34.2 Å². The molecule has 0 aromatic heterocycles. The summed E-state index contributed by atoms with van der Waals surface area (Å²) in [6.45, 7) is -1.67. The van der Waals surface area contributed by atoms with E-state index in [0.29, 0.717) is 19.0 Å². The zero-order chi connectivity index (χ0) is 21.9. The second-order valence-electron chi connectivity index (χ2n) is 6.97. The summed E-state index contributed by atoms with van der Waals surface area (Å²) in [5.74, 6) is 0.608. The summed E-state index contributed by atoms with van der Waals surface area (Å²) in [6.07, 6.45) is 0.814. The van der Waals surface area contributed by atoms with Crippen LogP contribution in [0.25, 0.3) is 0 Å². The number of likely N-dealkylation sites (N-methyl/N-ethyl adjacent to an activating group) is 1. The molecule has 0 fully saturated rings. The molecule has 0 saturated heterocycles. The molecule has 0 unspecified atom stereocenters. The first-order valence-corrected chi connectivity index (χ1v) is 9.62. The second-order valence-corrected chi connectivity index (χ2v) is 6.97. The quantitative estimate of drug-likeness (QED) is 0.503. The molecule has 1 amide bonds. The number of benzene rings is 2. The van der Waals surface area contributed by atoms with E-state index in [4.69, 9.17) is 0 Å². The maximum Gasteiger partial charge on any atom is 0.387 e. The van der Waals surface area contributed by atoms with Crippen molar-refractivity contribution in [3.8, 4) is 5.75 Å². The molecular formula is C22H28F2N4O2. The van der Waals surface area contributed by atoms with Gasteiger partial charge in [-0.15, -0.1) is 0 Å². The molecule has 0 saturated carbocycles. The second kappa shape index (κ2) is 11.7. The minimum atomic E-state index is -2.85. The predicted octanol–water partition coefficient (Wildman–Crippen LogP) is 3.00. The van der Waals surface area contributed by atoms with E-state index in [1.807, 2.05) is 30.1 Å². The molecular weight excluding hydrogens is 390 g/mol. The molecule has 2 aromatic carbocycles. The third-order valence-corrected chi connectivity index (χ3v) is 4.33. The fraction of sp³-hybridized carbons (Fsp3) is 0.364. The lowest BCUT2D eigenvalue weighted by atomic mass is 10.1. The first-order chi connectivity index (χ1) is 14.3. The highest BCUT2D eigenvalue weighted by atomic mass is 19.3. The molecule has 0 aliphatic carbocycles. The van der Waals surface area contributed by atoms with E-state index in [-0.39, 0.29) is 18.2 Å². The Labute approximate surface area is 176 Å². The van der Waals surface area contributed by atoms with E-state index in [9.17, 15) is 13.6 Å². The number of nitrogens with one attached hydrogen (secondary N) is 1. The molecule has 0 heterocycles. The Hall–Kier alpha value is -3.16. The Bertz CT molecular complexity index is 812. The molecule has 6 nitrogen and oxygen atoms in total. The van der Waals surface area contributed by atoms with Gasteiger partial charge in [-0.2, -0.15) is 8.78 Å². The Morgan fingerprint density at radius 2 is 1.70 bits per heavy atom. The van der Waals surface area contributed by atoms with Crippen molar-refractivity contribution in [3.05, 3.63) is 65.7 Å². The van der Waals surface area contributed by atoms with E-state index >= 15 is 0 Å². The highest BCUT2D eigenvalue weighted by Crippen LogP contribution is 2.15. The van der Waals surface area contributed by atoms with Crippen molar-refractivity contribution in [3.63, 3.8) is 0 Å². The summed E-state index contributed by atoms with van der Waals surface area (Å²) in [7, 11) is 5.23. The summed E-state index contributed by atoms with van der Waals surface area (Å²) in [5.41, 5.74) is 2.10. The Morgan fingerprint density at radius 3 is 2.30 bits per heavy atom. The molecule has 2 rings (SSSR count). The number of amides is 1. The summed E-state index contributed by atoms with van der Waals surface area (Å²) < 4.78 is 29.0. The van der Waals surface area contributed by atoms with Crippen molar-refractivity contribution in [1.29, 1.82) is 0 Å². The molecule has 8 heteroatoms. The van der Waals surface area contributed by atoms with Crippen LogP contribution in [-0.4, -0.2) is 62.5 Å². The van der Waals surface area contributed by atoms with Gasteiger partial charge in [0.2, 0.25) is 5.91 Å². The van der Waals surface area contributed by atoms with Crippen molar-refractivity contribution in [2.24, 2.45) is 4.99 Å². The van der Waals surface area contributed by atoms with Crippen molar-refractivity contribution in [1.82, 2.24) is 15.1 Å².